The summed E-state index contributed by atoms with van der Waals surface area (Å²) in [5.41, 5.74) is 2.81. The summed E-state index contributed by atoms with van der Waals surface area (Å²) in [6, 6.07) is 16.3. The van der Waals surface area contributed by atoms with E-state index in [9.17, 15) is 19.5 Å². The highest BCUT2D eigenvalue weighted by atomic mass is 16.4. The number of aliphatic carboxylic acids is 1. The van der Waals surface area contributed by atoms with Crippen LogP contribution in [0.5, 0.6) is 0 Å². The van der Waals surface area contributed by atoms with Crippen LogP contribution in [0, 0.1) is 11.8 Å². The number of hydrogen-bond acceptors (Lipinski definition) is 3. The Morgan fingerprint density at radius 2 is 1.59 bits per heavy atom. The molecule has 0 bridgehead atoms. The van der Waals surface area contributed by atoms with Gasteiger partial charge in [0.1, 0.15) is 6.04 Å². The smallest absolute Gasteiger partial charge is 0.304 e. The number of benzene rings is 2. The van der Waals surface area contributed by atoms with Crippen LogP contribution < -0.4 is 10.6 Å². The predicted octanol–water partition coefficient (Wildman–Crippen LogP) is 4.21. The van der Waals surface area contributed by atoms with Gasteiger partial charge >= 0.3 is 5.97 Å². The summed E-state index contributed by atoms with van der Waals surface area (Å²) in [5.74, 6) is -2.32. The zero-order chi connectivity index (χ0) is 24.7. The minimum absolute atomic E-state index is 0.147. The maximum atomic E-state index is 13.3. The second kappa shape index (κ2) is 11.5. The monoisotopic (exact) mass is 463 g/mol. The van der Waals surface area contributed by atoms with Crippen LogP contribution in [0.2, 0.25) is 0 Å². The second-order valence-corrected chi connectivity index (χ2v) is 9.19. The first-order valence-corrected chi connectivity index (χ1v) is 11.7. The standard InChI is InChI=1S/C27H33N3O4/c1-17(2)13-20(15-25(31)32)26(33)30-24(14-21-16-28-23-12-8-7-11-22(21)23)27(34)29-18(3)19-9-5-4-6-10-19/h4-12,16-18,20,24,28H,13-15H2,1-3H3,(H,29,34)(H,30,33)(H,31,32)/t18-,20+,24-/m0/s1. The number of para-hydroxylation sites is 1. The van der Waals surface area contributed by atoms with Crippen molar-refractivity contribution < 1.29 is 19.5 Å². The van der Waals surface area contributed by atoms with E-state index >= 15 is 0 Å². The maximum Gasteiger partial charge on any atom is 0.304 e. The van der Waals surface area contributed by atoms with Crippen LogP contribution in [0.25, 0.3) is 10.9 Å². The average molecular weight is 464 g/mol. The van der Waals surface area contributed by atoms with Crippen LogP contribution in [-0.2, 0) is 20.8 Å². The molecule has 0 fully saturated rings. The Bertz CT molecular complexity index is 1120. The van der Waals surface area contributed by atoms with Crippen molar-refractivity contribution in [2.75, 3.05) is 0 Å². The topological polar surface area (TPSA) is 111 Å². The summed E-state index contributed by atoms with van der Waals surface area (Å²) in [6.45, 7) is 5.78. The van der Waals surface area contributed by atoms with E-state index in [-0.39, 0.29) is 30.7 Å². The van der Waals surface area contributed by atoms with Crippen molar-refractivity contribution in [1.82, 2.24) is 15.6 Å². The molecule has 2 amide bonds. The third-order valence-corrected chi connectivity index (χ3v) is 5.94. The van der Waals surface area contributed by atoms with Crippen molar-refractivity contribution in [3.63, 3.8) is 0 Å². The summed E-state index contributed by atoms with van der Waals surface area (Å²) in [6.07, 6.45) is 2.29. The quantitative estimate of drug-likeness (QED) is 0.341. The fourth-order valence-corrected chi connectivity index (χ4v) is 4.22. The van der Waals surface area contributed by atoms with Crippen LogP contribution >= 0.6 is 0 Å². The number of rotatable bonds is 11. The van der Waals surface area contributed by atoms with Crippen LogP contribution in [0.15, 0.2) is 60.8 Å². The van der Waals surface area contributed by atoms with Gasteiger partial charge in [-0.3, -0.25) is 14.4 Å². The lowest BCUT2D eigenvalue weighted by molar-refractivity contribution is -0.141. The van der Waals surface area contributed by atoms with E-state index in [0.29, 0.717) is 6.42 Å². The molecule has 0 saturated heterocycles. The fourth-order valence-electron chi connectivity index (χ4n) is 4.22. The molecule has 3 atom stereocenters. The molecule has 1 heterocycles. The van der Waals surface area contributed by atoms with E-state index in [2.05, 4.69) is 15.6 Å². The first-order valence-electron chi connectivity index (χ1n) is 11.7. The number of carboxylic acids is 1. The highest BCUT2D eigenvalue weighted by Crippen LogP contribution is 2.21. The molecule has 0 spiro atoms. The SMILES string of the molecule is CC(C)C[C@H](CC(=O)O)C(=O)N[C@@H](Cc1c[nH]c2ccccc12)C(=O)N[C@@H](C)c1ccccc1. The van der Waals surface area contributed by atoms with Gasteiger partial charge in [0.05, 0.1) is 12.5 Å². The molecule has 3 rings (SSSR count). The molecule has 0 aliphatic carbocycles. The third kappa shape index (κ3) is 6.70. The highest BCUT2D eigenvalue weighted by molar-refractivity contribution is 5.91. The first kappa shape index (κ1) is 25.0. The fraction of sp³-hybridized carbons (Fsp3) is 0.370. The number of carbonyl (C=O) groups excluding carboxylic acids is 2. The number of carbonyl (C=O) groups is 3. The van der Waals surface area contributed by atoms with Crippen LogP contribution in [0.3, 0.4) is 0 Å². The summed E-state index contributed by atoms with van der Waals surface area (Å²) in [7, 11) is 0. The van der Waals surface area contributed by atoms with Crippen LogP contribution in [-0.4, -0.2) is 33.9 Å². The molecule has 1 aromatic heterocycles. The Balaban J connectivity index is 1.83. The molecule has 2 aromatic carbocycles. The van der Waals surface area contributed by atoms with Crippen LogP contribution in [0.1, 0.15) is 50.8 Å². The molecular formula is C27H33N3O4. The average Bonchev–Trinajstić information content (AvgIpc) is 3.21. The van der Waals surface area contributed by atoms with Crippen molar-refractivity contribution in [3.05, 3.63) is 71.9 Å². The van der Waals surface area contributed by atoms with Crippen molar-refractivity contribution in [3.8, 4) is 0 Å². The normalized spacial score (nSPS) is 13.9. The summed E-state index contributed by atoms with van der Waals surface area (Å²) < 4.78 is 0. The van der Waals surface area contributed by atoms with Gasteiger partial charge < -0.3 is 20.7 Å². The van der Waals surface area contributed by atoms with Gasteiger partial charge in [0.2, 0.25) is 11.8 Å². The molecule has 7 nitrogen and oxygen atoms in total. The molecule has 0 unspecified atom stereocenters. The lowest BCUT2D eigenvalue weighted by Crippen LogP contribution is -2.50. The zero-order valence-electron chi connectivity index (χ0n) is 19.9. The van der Waals surface area contributed by atoms with Crippen molar-refractivity contribution >= 4 is 28.7 Å². The maximum absolute atomic E-state index is 13.3. The van der Waals surface area contributed by atoms with Crippen LogP contribution in [0.4, 0.5) is 0 Å². The van der Waals surface area contributed by atoms with Crippen molar-refractivity contribution in [2.45, 2.75) is 52.1 Å². The minimum atomic E-state index is -1.03. The molecule has 180 valence electrons. The van der Waals surface area contributed by atoms with Gasteiger partial charge in [0.25, 0.3) is 0 Å². The number of fused-ring (bicyclic) bond motifs is 1. The summed E-state index contributed by atoms with van der Waals surface area (Å²) in [5, 5.41) is 16.1. The van der Waals surface area contributed by atoms with Gasteiger partial charge in [0, 0.05) is 29.4 Å². The van der Waals surface area contributed by atoms with E-state index in [1.54, 1.807) is 0 Å². The molecule has 7 heteroatoms. The van der Waals surface area contributed by atoms with Gasteiger partial charge in [-0.25, -0.2) is 0 Å². The molecule has 3 aromatic rings. The molecule has 34 heavy (non-hydrogen) atoms. The number of carboxylic acid groups (broad SMARTS) is 1. The molecular weight excluding hydrogens is 430 g/mol. The largest absolute Gasteiger partial charge is 0.481 e. The molecule has 4 N–H and O–H groups in total. The van der Waals surface area contributed by atoms with Gasteiger partial charge in [-0.15, -0.1) is 0 Å². The van der Waals surface area contributed by atoms with E-state index in [0.717, 1.165) is 22.0 Å². The third-order valence-electron chi connectivity index (χ3n) is 5.94. The van der Waals surface area contributed by atoms with Crippen molar-refractivity contribution in [2.24, 2.45) is 11.8 Å². The predicted molar refractivity (Wildman–Crippen MR) is 132 cm³/mol. The summed E-state index contributed by atoms with van der Waals surface area (Å²) >= 11 is 0. The Morgan fingerprint density at radius 1 is 0.912 bits per heavy atom. The number of aromatic nitrogens is 1. The number of amides is 2. The van der Waals surface area contributed by atoms with Crippen molar-refractivity contribution in [1.29, 1.82) is 0 Å². The van der Waals surface area contributed by atoms with Gasteiger partial charge in [-0.05, 0) is 36.5 Å². The molecule has 0 aliphatic heterocycles. The number of nitrogens with one attached hydrogen (secondary N) is 3. The lowest BCUT2D eigenvalue weighted by atomic mass is 9.92. The molecule has 0 radical (unpaired) electrons. The van der Waals surface area contributed by atoms with Gasteiger partial charge in [-0.2, -0.15) is 0 Å². The molecule has 0 saturated carbocycles. The Labute approximate surface area is 200 Å². The second-order valence-electron chi connectivity index (χ2n) is 9.19. The number of hydrogen-bond donors (Lipinski definition) is 4. The Morgan fingerprint density at radius 3 is 2.26 bits per heavy atom. The highest BCUT2D eigenvalue weighted by Gasteiger charge is 2.29. The Kier molecular flexibility index (Phi) is 8.46. The Hall–Kier alpha value is -3.61. The number of H-pyrrole nitrogens is 1. The van der Waals surface area contributed by atoms with Gasteiger partial charge in [-0.1, -0.05) is 62.4 Å². The van der Waals surface area contributed by atoms with E-state index in [4.69, 9.17) is 0 Å². The van der Waals surface area contributed by atoms with Gasteiger partial charge in [0.15, 0.2) is 0 Å². The molecule has 0 aliphatic rings. The first-order chi connectivity index (χ1) is 16.2. The van der Waals surface area contributed by atoms with E-state index in [1.807, 2.05) is 81.6 Å². The lowest BCUT2D eigenvalue weighted by Gasteiger charge is -2.24. The minimum Gasteiger partial charge on any atom is -0.481 e. The number of aromatic amines is 1. The van der Waals surface area contributed by atoms with E-state index in [1.165, 1.54) is 0 Å². The zero-order valence-corrected chi connectivity index (χ0v) is 19.9. The van der Waals surface area contributed by atoms with E-state index < -0.39 is 23.8 Å². The summed E-state index contributed by atoms with van der Waals surface area (Å²) in [4.78, 5) is 41.0.